The molecule has 0 spiro atoms. The normalized spacial score (nSPS) is 13.1. The summed E-state index contributed by atoms with van der Waals surface area (Å²) in [5.74, 6) is -2.61. The Morgan fingerprint density at radius 2 is 1.28 bits per heavy atom. The molecule has 39 heavy (non-hydrogen) atoms. The summed E-state index contributed by atoms with van der Waals surface area (Å²) < 4.78 is 0.965. The third kappa shape index (κ3) is 14.0. The maximum absolute atomic E-state index is 12.0. The predicted molar refractivity (Wildman–Crippen MR) is 160 cm³/mol. The number of Topliss-reactive ketones (excluding diaryl/α,β-unsaturated/α-hetero) is 2. The number of carboxylic acids is 2. The Labute approximate surface area is 245 Å². The van der Waals surface area contributed by atoms with Crippen LogP contribution in [0.1, 0.15) is 64.5 Å². The van der Waals surface area contributed by atoms with Gasteiger partial charge in [0.1, 0.15) is 11.6 Å². The molecule has 0 heterocycles. The van der Waals surface area contributed by atoms with E-state index in [1.807, 2.05) is 82.5 Å². The third-order valence-electron chi connectivity index (χ3n) is 6.55. The number of ketones is 2. The third-order valence-corrected chi connectivity index (χ3v) is 7.82. The summed E-state index contributed by atoms with van der Waals surface area (Å²) >= 11 is 4.99. The number of hydrogen-bond acceptors (Lipinski definition) is 5. The average Bonchev–Trinajstić information content (AvgIpc) is 2.88. The summed E-state index contributed by atoms with van der Waals surface area (Å²) in [4.78, 5) is 47.4. The first kappa shape index (κ1) is 34.6. The highest BCUT2D eigenvalue weighted by molar-refractivity contribution is 9.10. The number of thioether (sulfide) groups is 1. The van der Waals surface area contributed by atoms with Gasteiger partial charge in [-0.05, 0) is 59.9 Å². The minimum absolute atomic E-state index is 0.00467. The van der Waals surface area contributed by atoms with Gasteiger partial charge in [-0.15, -0.1) is 11.8 Å². The summed E-state index contributed by atoms with van der Waals surface area (Å²) in [5.41, 5.74) is 1.86. The number of carboxylic acid groups (broad SMARTS) is 2. The Bertz CT molecular complexity index is 1070. The molecule has 3 atom stereocenters. The second-order valence-corrected chi connectivity index (χ2v) is 12.1. The SMILES string of the molecule is CC[C@H](C)[C@H](CC(=O)Cc1ccc(Br)cc1)C(=O)O.CSc1ccc(CC(=O)C[C@@H](CC(C)C)C(=O)O)cc1. The number of hydrogen-bond donors (Lipinski definition) is 2. The molecule has 0 aliphatic carbocycles. The zero-order chi connectivity index (χ0) is 29.5. The van der Waals surface area contributed by atoms with Crippen LogP contribution in [0.3, 0.4) is 0 Å². The Morgan fingerprint density at radius 3 is 1.69 bits per heavy atom. The van der Waals surface area contributed by atoms with Crippen molar-refractivity contribution >= 4 is 51.2 Å². The quantitative estimate of drug-likeness (QED) is 0.200. The maximum atomic E-state index is 12.0. The number of carbonyl (C=O) groups is 4. The minimum Gasteiger partial charge on any atom is -0.481 e. The molecular formula is C31H41BrO6S. The highest BCUT2D eigenvalue weighted by atomic mass is 79.9. The summed E-state index contributed by atoms with van der Waals surface area (Å²) in [6.45, 7) is 7.77. The van der Waals surface area contributed by atoms with Gasteiger partial charge in [-0.2, -0.15) is 0 Å². The zero-order valence-electron chi connectivity index (χ0n) is 23.5. The number of halogens is 1. The zero-order valence-corrected chi connectivity index (χ0v) is 25.9. The van der Waals surface area contributed by atoms with Gasteiger partial charge in [-0.25, -0.2) is 0 Å². The lowest BCUT2D eigenvalue weighted by Gasteiger charge is -2.17. The number of benzene rings is 2. The van der Waals surface area contributed by atoms with E-state index in [0.717, 1.165) is 26.9 Å². The van der Waals surface area contributed by atoms with Gasteiger partial charge in [0.15, 0.2) is 0 Å². The van der Waals surface area contributed by atoms with Crippen LogP contribution in [0.25, 0.3) is 0 Å². The van der Waals surface area contributed by atoms with Crippen molar-refractivity contribution in [2.45, 2.75) is 71.1 Å². The monoisotopic (exact) mass is 620 g/mol. The minimum atomic E-state index is -0.876. The smallest absolute Gasteiger partial charge is 0.307 e. The molecule has 2 rings (SSSR count). The van der Waals surface area contributed by atoms with Crippen molar-refractivity contribution in [3.05, 3.63) is 64.1 Å². The predicted octanol–water partition coefficient (Wildman–Crippen LogP) is 7.35. The molecule has 0 aliphatic heterocycles. The molecule has 0 saturated carbocycles. The molecule has 0 aliphatic rings. The molecule has 2 aromatic carbocycles. The van der Waals surface area contributed by atoms with Gasteiger partial charge in [0.05, 0.1) is 11.8 Å². The maximum Gasteiger partial charge on any atom is 0.307 e. The highest BCUT2D eigenvalue weighted by Crippen LogP contribution is 2.21. The van der Waals surface area contributed by atoms with Crippen LogP contribution in [-0.2, 0) is 32.0 Å². The summed E-state index contributed by atoms with van der Waals surface area (Å²) in [6, 6.07) is 15.3. The lowest BCUT2D eigenvalue weighted by atomic mass is 9.86. The fraction of sp³-hybridized carbons (Fsp3) is 0.484. The second kappa shape index (κ2) is 18.0. The number of carbonyl (C=O) groups excluding carboxylic acids is 2. The van der Waals surface area contributed by atoms with Crippen LogP contribution >= 0.6 is 27.7 Å². The van der Waals surface area contributed by atoms with E-state index in [-0.39, 0.29) is 36.2 Å². The molecule has 2 aromatic rings. The van der Waals surface area contributed by atoms with E-state index in [1.165, 1.54) is 0 Å². The van der Waals surface area contributed by atoms with E-state index in [0.29, 0.717) is 19.3 Å². The molecule has 0 unspecified atom stereocenters. The van der Waals surface area contributed by atoms with Crippen molar-refractivity contribution in [1.29, 1.82) is 0 Å². The van der Waals surface area contributed by atoms with E-state index in [4.69, 9.17) is 10.2 Å². The molecule has 214 valence electrons. The van der Waals surface area contributed by atoms with E-state index >= 15 is 0 Å². The first-order chi connectivity index (χ1) is 18.4. The molecule has 0 aromatic heterocycles. The molecule has 2 N–H and O–H groups in total. The molecule has 0 saturated heterocycles. The standard InChI is InChI=1S/C16H22O3S.C15H19BrO3/c1-11(2)8-13(16(18)19)10-14(17)9-12-4-6-15(20-3)7-5-12;1-3-10(2)14(15(18)19)9-13(17)8-11-4-6-12(16)7-5-11/h4-7,11,13H,8-10H2,1-3H3,(H,18,19);4-7,10,14H,3,8-9H2,1-2H3,(H,18,19)/t13-;10-,14-/m10/s1. The van der Waals surface area contributed by atoms with Crippen molar-refractivity contribution in [2.75, 3.05) is 6.26 Å². The topological polar surface area (TPSA) is 109 Å². The summed E-state index contributed by atoms with van der Waals surface area (Å²) in [6.07, 6.45) is 4.17. The Morgan fingerprint density at radius 1 is 0.795 bits per heavy atom. The van der Waals surface area contributed by atoms with Gasteiger partial charge in [-0.3, -0.25) is 19.2 Å². The van der Waals surface area contributed by atoms with Crippen molar-refractivity contribution in [3.63, 3.8) is 0 Å². The van der Waals surface area contributed by atoms with Crippen LogP contribution in [0, 0.1) is 23.7 Å². The van der Waals surface area contributed by atoms with Gasteiger partial charge in [0.25, 0.3) is 0 Å². The lowest BCUT2D eigenvalue weighted by Crippen LogP contribution is -2.25. The van der Waals surface area contributed by atoms with Gasteiger partial charge in [0.2, 0.25) is 0 Å². The van der Waals surface area contributed by atoms with Gasteiger partial charge in [-0.1, -0.05) is 74.3 Å². The van der Waals surface area contributed by atoms with Crippen LogP contribution < -0.4 is 0 Å². The van der Waals surface area contributed by atoms with Crippen LogP contribution in [0.2, 0.25) is 0 Å². The van der Waals surface area contributed by atoms with Crippen LogP contribution in [-0.4, -0.2) is 40.0 Å². The second-order valence-electron chi connectivity index (χ2n) is 10.3. The Kier molecular flexibility index (Phi) is 16.0. The van der Waals surface area contributed by atoms with Crippen LogP contribution in [0.15, 0.2) is 57.9 Å². The first-order valence-corrected chi connectivity index (χ1v) is 15.2. The lowest BCUT2D eigenvalue weighted by molar-refractivity contribution is -0.145. The van der Waals surface area contributed by atoms with Crippen LogP contribution in [0.4, 0.5) is 0 Å². The van der Waals surface area contributed by atoms with Crippen molar-refractivity contribution in [3.8, 4) is 0 Å². The fourth-order valence-corrected chi connectivity index (χ4v) is 4.79. The van der Waals surface area contributed by atoms with E-state index in [1.54, 1.807) is 11.8 Å². The Hall–Kier alpha value is -2.45. The van der Waals surface area contributed by atoms with E-state index in [9.17, 15) is 19.2 Å². The molecule has 0 radical (unpaired) electrons. The van der Waals surface area contributed by atoms with Gasteiger partial charge in [0, 0.05) is 35.1 Å². The van der Waals surface area contributed by atoms with Crippen LogP contribution in [0.5, 0.6) is 0 Å². The van der Waals surface area contributed by atoms with Gasteiger partial charge < -0.3 is 10.2 Å². The average molecular weight is 622 g/mol. The highest BCUT2D eigenvalue weighted by Gasteiger charge is 2.26. The molecular weight excluding hydrogens is 580 g/mol. The molecule has 0 bridgehead atoms. The summed E-state index contributed by atoms with van der Waals surface area (Å²) in [5, 5.41) is 18.3. The number of rotatable bonds is 15. The first-order valence-electron chi connectivity index (χ1n) is 13.2. The molecule has 0 amide bonds. The van der Waals surface area contributed by atoms with Crippen molar-refractivity contribution in [2.24, 2.45) is 23.7 Å². The van der Waals surface area contributed by atoms with Gasteiger partial charge >= 0.3 is 11.9 Å². The Balaban J connectivity index is 0.000000391. The van der Waals surface area contributed by atoms with E-state index < -0.39 is 23.8 Å². The van der Waals surface area contributed by atoms with E-state index in [2.05, 4.69) is 15.9 Å². The molecule has 0 fully saturated rings. The van der Waals surface area contributed by atoms with Crippen molar-refractivity contribution in [1.82, 2.24) is 0 Å². The largest absolute Gasteiger partial charge is 0.481 e. The molecule has 6 nitrogen and oxygen atoms in total. The fourth-order valence-electron chi connectivity index (χ4n) is 4.12. The number of aliphatic carboxylic acids is 2. The molecule has 8 heteroatoms. The summed E-state index contributed by atoms with van der Waals surface area (Å²) in [7, 11) is 0. The van der Waals surface area contributed by atoms with Crippen molar-refractivity contribution < 1.29 is 29.4 Å².